The highest BCUT2D eigenvalue weighted by molar-refractivity contribution is 6.33. The summed E-state index contributed by atoms with van der Waals surface area (Å²) in [6, 6.07) is 17.1. The molecule has 0 aliphatic heterocycles. The normalized spacial score (nSPS) is 10.7. The fourth-order valence-electron chi connectivity index (χ4n) is 3.52. The smallest absolute Gasteiger partial charge is 0.288 e. The van der Waals surface area contributed by atoms with E-state index in [4.69, 9.17) is 23.2 Å². The topological polar surface area (TPSA) is 95.8 Å². The summed E-state index contributed by atoms with van der Waals surface area (Å²) in [5.41, 5.74) is 7.74. The number of hydrogen-bond donors (Lipinski definition) is 2. The lowest BCUT2D eigenvalue weighted by Gasteiger charge is -2.13. The minimum absolute atomic E-state index is 0.0671. The molecule has 0 radical (unpaired) electrons. The number of carbonyl (C=O) groups excluding carboxylic acids is 3. The molecule has 0 atom stereocenters. The summed E-state index contributed by atoms with van der Waals surface area (Å²) in [4.78, 5) is 43.9. The van der Waals surface area contributed by atoms with E-state index < -0.39 is 11.8 Å². The Hall–Kier alpha value is -3.88. The highest BCUT2D eigenvalue weighted by Gasteiger charge is 2.21. The van der Waals surface area contributed by atoms with Crippen molar-refractivity contribution >= 4 is 46.6 Å². The van der Waals surface area contributed by atoms with Gasteiger partial charge in [-0.15, -0.1) is 0 Å². The number of hydrazine groups is 1. The number of hydrogen-bond acceptors (Lipinski definition) is 4. The maximum absolute atomic E-state index is 13.1. The zero-order valence-electron chi connectivity index (χ0n) is 18.9. The fraction of sp³-hybridized carbons (Fsp3) is 0.120. The summed E-state index contributed by atoms with van der Waals surface area (Å²) in [6.45, 7) is 0. The number of carbonyl (C=O) groups is 3. The molecule has 0 aliphatic carbocycles. The number of pyridine rings is 1. The van der Waals surface area contributed by atoms with Crippen LogP contribution in [0, 0.1) is 0 Å². The average molecular weight is 510 g/mol. The Labute approximate surface area is 211 Å². The van der Waals surface area contributed by atoms with Gasteiger partial charge in [0.15, 0.2) is 0 Å². The van der Waals surface area contributed by atoms with Crippen LogP contribution >= 0.6 is 23.2 Å². The molecule has 0 unspecified atom stereocenters. The third-order valence-electron chi connectivity index (χ3n) is 5.21. The van der Waals surface area contributed by atoms with Crippen molar-refractivity contribution in [3.63, 3.8) is 0 Å². The molecule has 0 saturated carbocycles. The van der Waals surface area contributed by atoms with E-state index in [-0.39, 0.29) is 18.0 Å². The summed E-state index contributed by atoms with van der Waals surface area (Å²) < 4.78 is 1.64. The van der Waals surface area contributed by atoms with E-state index in [0.717, 1.165) is 0 Å². The van der Waals surface area contributed by atoms with Crippen molar-refractivity contribution < 1.29 is 14.4 Å². The molecule has 4 aromatic rings. The SMILES string of the molecule is CN(C)C(=O)c1cc(CC(=O)NNC(=O)c2c(-c3ccc(Cl)cc3)nc3ccccn23)ccc1Cl. The van der Waals surface area contributed by atoms with Crippen LogP contribution in [0.2, 0.25) is 10.0 Å². The number of rotatable bonds is 5. The summed E-state index contributed by atoms with van der Waals surface area (Å²) in [7, 11) is 3.23. The number of benzene rings is 2. The number of imidazole rings is 1. The van der Waals surface area contributed by atoms with Gasteiger partial charge < -0.3 is 4.90 Å². The van der Waals surface area contributed by atoms with Crippen LogP contribution in [0.25, 0.3) is 16.9 Å². The molecular formula is C25H21Cl2N5O3. The van der Waals surface area contributed by atoms with E-state index in [0.29, 0.717) is 38.1 Å². The molecule has 0 fully saturated rings. The highest BCUT2D eigenvalue weighted by Crippen LogP contribution is 2.26. The molecular weight excluding hydrogens is 489 g/mol. The molecule has 178 valence electrons. The molecule has 35 heavy (non-hydrogen) atoms. The zero-order valence-corrected chi connectivity index (χ0v) is 20.4. The molecule has 10 heteroatoms. The Balaban J connectivity index is 1.52. The Morgan fingerprint density at radius 3 is 2.43 bits per heavy atom. The van der Waals surface area contributed by atoms with Crippen molar-refractivity contribution in [3.8, 4) is 11.3 Å². The number of halogens is 2. The fourth-order valence-corrected chi connectivity index (χ4v) is 3.85. The average Bonchev–Trinajstić information content (AvgIpc) is 3.23. The van der Waals surface area contributed by atoms with E-state index in [9.17, 15) is 14.4 Å². The quantitative estimate of drug-likeness (QED) is 0.397. The Kier molecular flexibility index (Phi) is 7.04. The Bertz CT molecular complexity index is 1430. The lowest BCUT2D eigenvalue weighted by molar-refractivity contribution is -0.121. The lowest BCUT2D eigenvalue weighted by Crippen LogP contribution is -2.43. The van der Waals surface area contributed by atoms with E-state index in [1.165, 1.54) is 4.90 Å². The van der Waals surface area contributed by atoms with Crippen LogP contribution in [0.4, 0.5) is 0 Å². The van der Waals surface area contributed by atoms with Crippen LogP contribution in [-0.4, -0.2) is 46.1 Å². The maximum atomic E-state index is 13.1. The van der Waals surface area contributed by atoms with Crippen molar-refractivity contribution in [3.05, 3.63) is 93.7 Å². The van der Waals surface area contributed by atoms with Crippen LogP contribution in [-0.2, 0) is 11.2 Å². The van der Waals surface area contributed by atoms with Crippen molar-refractivity contribution in [2.24, 2.45) is 0 Å². The summed E-state index contributed by atoms with van der Waals surface area (Å²) in [5, 5.41) is 0.858. The minimum Gasteiger partial charge on any atom is -0.345 e. The van der Waals surface area contributed by atoms with Gasteiger partial charge in [0.2, 0.25) is 5.91 Å². The first-order valence-corrected chi connectivity index (χ1v) is 11.3. The standard InChI is InChI=1S/C25H21Cl2N5O3/c1-31(2)25(35)18-13-15(6-11-19(18)27)14-21(33)29-30-24(34)23-22(16-7-9-17(26)10-8-16)28-20-5-3-4-12-32(20)23/h3-13H,14H2,1-2H3,(H,29,33)(H,30,34). The van der Waals surface area contributed by atoms with Gasteiger partial charge in [0.1, 0.15) is 17.0 Å². The van der Waals surface area contributed by atoms with Gasteiger partial charge in [0.05, 0.1) is 17.0 Å². The summed E-state index contributed by atoms with van der Waals surface area (Å²) >= 11 is 12.1. The largest absolute Gasteiger partial charge is 0.345 e. The van der Waals surface area contributed by atoms with Gasteiger partial charge in [-0.25, -0.2) is 4.98 Å². The van der Waals surface area contributed by atoms with Crippen molar-refractivity contribution in [2.45, 2.75) is 6.42 Å². The summed E-state index contributed by atoms with van der Waals surface area (Å²) in [5.74, 6) is -1.28. The number of nitrogens with zero attached hydrogens (tertiary/aromatic N) is 3. The van der Waals surface area contributed by atoms with Gasteiger partial charge in [-0.05, 0) is 42.0 Å². The van der Waals surface area contributed by atoms with Gasteiger partial charge in [-0.3, -0.25) is 29.6 Å². The number of aromatic nitrogens is 2. The first-order valence-electron chi connectivity index (χ1n) is 10.6. The van der Waals surface area contributed by atoms with Gasteiger partial charge >= 0.3 is 0 Å². The molecule has 8 nitrogen and oxygen atoms in total. The molecule has 2 aromatic carbocycles. The predicted octanol–water partition coefficient (Wildman–Crippen LogP) is 4.01. The predicted molar refractivity (Wildman–Crippen MR) is 134 cm³/mol. The van der Waals surface area contributed by atoms with Crippen LogP contribution in [0.3, 0.4) is 0 Å². The number of nitrogens with one attached hydrogen (secondary N) is 2. The molecule has 2 heterocycles. The zero-order chi connectivity index (χ0) is 25.1. The van der Waals surface area contributed by atoms with Crippen LogP contribution in [0.5, 0.6) is 0 Å². The monoisotopic (exact) mass is 509 g/mol. The second kappa shape index (κ2) is 10.2. The number of amides is 3. The Morgan fingerprint density at radius 2 is 1.71 bits per heavy atom. The lowest BCUT2D eigenvalue weighted by atomic mass is 10.1. The van der Waals surface area contributed by atoms with E-state index in [1.54, 1.807) is 79.3 Å². The molecule has 0 aliphatic rings. The van der Waals surface area contributed by atoms with Crippen LogP contribution in [0.1, 0.15) is 26.4 Å². The van der Waals surface area contributed by atoms with Gasteiger partial charge in [-0.1, -0.05) is 47.5 Å². The van der Waals surface area contributed by atoms with Crippen LogP contribution < -0.4 is 10.9 Å². The second-order valence-corrected chi connectivity index (χ2v) is 8.78. The molecule has 3 amide bonds. The molecule has 0 spiro atoms. The molecule has 0 bridgehead atoms. The first kappa shape index (κ1) is 24.3. The molecule has 4 rings (SSSR count). The Morgan fingerprint density at radius 1 is 0.971 bits per heavy atom. The van der Waals surface area contributed by atoms with E-state index >= 15 is 0 Å². The van der Waals surface area contributed by atoms with Crippen molar-refractivity contribution in [1.82, 2.24) is 25.1 Å². The number of fused-ring (bicyclic) bond motifs is 1. The first-order chi connectivity index (χ1) is 16.7. The third-order valence-corrected chi connectivity index (χ3v) is 5.79. The highest BCUT2D eigenvalue weighted by atomic mass is 35.5. The van der Waals surface area contributed by atoms with Crippen molar-refractivity contribution in [2.75, 3.05) is 14.1 Å². The molecule has 2 aromatic heterocycles. The van der Waals surface area contributed by atoms with Gasteiger partial charge in [0, 0.05) is 30.9 Å². The second-order valence-electron chi connectivity index (χ2n) is 7.94. The molecule has 0 saturated heterocycles. The van der Waals surface area contributed by atoms with Crippen molar-refractivity contribution in [1.29, 1.82) is 0 Å². The van der Waals surface area contributed by atoms with E-state index in [1.807, 2.05) is 6.07 Å². The van der Waals surface area contributed by atoms with Gasteiger partial charge in [-0.2, -0.15) is 0 Å². The summed E-state index contributed by atoms with van der Waals surface area (Å²) in [6.07, 6.45) is 1.65. The van der Waals surface area contributed by atoms with Crippen LogP contribution in [0.15, 0.2) is 66.9 Å². The molecule has 2 N–H and O–H groups in total. The van der Waals surface area contributed by atoms with E-state index in [2.05, 4.69) is 15.8 Å². The van der Waals surface area contributed by atoms with Gasteiger partial charge in [0.25, 0.3) is 11.8 Å². The maximum Gasteiger partial charge on any atom is 0.288 e. The third kappa shape index (κ3) is 5.29. The minimum atomic E-state index is -0.540.